The van der Waals surface area contributed by atoms with E-state index in [-0.39, 0.29) is 18.1 Å². The smallest absolute Gasteiger partial charge is 0.294 e. The highest BCUT2D eigenvalue weighted by Crippen LogP contribution is 2.28. The minimum atomic E-state index is -0.739. The summed E-state index contributed by atoms with van der Waals surface area (Å²) in [5, 5.41) is 3.15. The van der Waals surface area contributed by atoms with Gasteiger partial charge < -0.3 is 9.72 Å². The molecule has 0 bridgehead atoms. The summed E-state index contributed by atoms with van der Waals surface area (Å²) in [6.45, 7) is 0.138. The maximum Gasteiger partial charge on any atom is 0.294 e. The summed E-state index contributed by atoms with van der Waals surface area (Å²) < 4.78 is 15.0. The fourth-order valence-corrected chi connectivity index (χ4v) is 3.41. The van der Waals surface area contributed by atoms with E-state index < -0.39 is 11.7 Å². The molecule has 0 atom stereocenters. The monoisotopic (exact) mass is 406 g/mol. The van der Waals surface area contributed by atoms with Gasteiger partial charge in [-0.15, -0.1) is 0 Å². The van der Waals surface area contributed by atoms with Crippen molar-refractivity contribution in [2.45, 2.75) is 6.54 Å². The van der Waals surface area contributed by atoms with E-state index in [0.29, 0.717) is 21.7 Å². The zero-order chi connectivity index (χ0) is 20.4. The van der Waals surface area contributed by atoms with Crippen molar-refractivity contribution in [2.75, 3.05) is 0 Å². The molecule has 2 aromatic carbocycles. The molecule has 0 aliphatic carbocycles. The Kier molecular flexibility index (Phi) is 5.14. The third-order valence-corrected chi connectivity index (χ3v) is 5.02. The van der Waals surface area contributed by atoms with Crippen molar-refractivity contribution in [2.24, 2.45) is 0 Å². The van der Waals surface area contributed by atoms with E-state index in [1.165, 1.54) is 12.1 Å². The number of Topliss-reactive ketones (excluding diaryl/α,β-unsaturated/α-hetero) is 1. The Morgan fingerprint density at radius 2 is 1.69 bits per heavy atom. The minimum absolute atomic E-state index is 0.138. The number of halogens is 2. The van der Waals surface area contributed by atoms with Crippen LogP contribution in [0.5, 0.6) is 0 Å². The predicted molar refractivity (Wildman–Crippen MR) is 110 cm³/mol. The van der Waals surface area contributed by atoms with E-state index >= 15 is 0 Å². The molecule has 0 unspecified atom stereocenters. The molecule has 0 radical (unpaired) electrons. The zero-order valence-corrected chi connectivity index (χ0v) is 16.0. The van der Waals surface area contributed by atoms with Crippen LogP contribution in [0.15, 0.2) is 79.0 Å². The van der Waals surface area contributed by atoms with Gasteiger partial charge in [0.1, 0.15) is 11.5 Å². The topological polar surface area (TPSA) is 50.6 Å². The lowest BCUT2D eigenvalue weighted by molar-refractivity contribution is -0.117. The van der Waals surface area contributed by atoms with E-state index in [1.54, 1.807) is 47.0 Å². The number of aromatic nitrogens is 1. The Labute approximate surface area is 171 Å². The van der Waals surface area contributed by atoms with Crippen LogP contribution in [0.1, 0.15) is 16.1 Å². The predicted octanol–water partition coefficient (Wildman–Crippen LogP) is 4.90. The maximum absolute atomic E-state index is 13.3. The number of pyridine rings is 1. The van der Waals surface area contributed by atoms with Gasteiger partial charge in [-0.3, -0.25) is 9.59 Å². The highest BCUT2D eigenvalue weighted by atomic mass is 35.5. The van der Waals surface area contributed by atoms with Gasteiger partial charge in [-0.1, -0.05) is 48.0 Å². The number of benzene rings is 2. The molecule has 4 aromatic rings. The maximum atomic E-state index is 13.3. The average Bonchev–Trinajstić information content (AvgIpc) is 3.12. The van der Waals surface area contributed by atoms with Gasteiger partial charge in [-0.2, -0.15) is 0 Å². The summed E-state index contributed by atoms with van der Waals surface area (Å²) in [4.78, 5) is 25.7. The molecule has 0 fully saturated rings. The number of carbonyl (C=O) groups excluding carboxylic acids is 2. The van der Waals surface area contributed by atoms with Crippen LogP contribution in [0, 0.1) is 5.82 Å². The largest absolute Gasteiger partial charge is 0.345 e. The van der Waals surface area contributed by atoms with Gasteiger partial charge in [0.25, 0.3) is 11.7 Å². The molecule has 2 aromatic heterocycles. The van der Waals surface area contributed by atoms with Gasteiger partial charge in [0.15, 0.2) is 0 Å². The standard InChI is InChI=1S/C23H16ClFN2O2/c24-20-7-2-1-5-16(20)14-26-23(29)22(28)21-19(15-8-10-17(25)11-9-15)13-18-6-3-4-12-27(18)21/h1-13H,14H2,(H,26,29). The van der Waals surface area contributed by atoms with E-state index in [2.05, 4.69) is 5.32 Å². The molecule has 6 heteroatoms. The van der Waals surface area contributed by atoms with Crippen molar-refractivity contribution in [1.82, 2.24) is 9.72 Å². The highest BCUT2D eigenvalue weighted by molar-refractivity contribution is 6.43. The van der Waals surface area contributed by atoms with Crippen molar-refractivity contribution in [3.63, 3.8) is 0 Å². The number of amides is 1. The molecule has 2 heterocycles. The van der Waals surface area contributed by atoms with Crippen molar-refractivity contribution < 1.29 is 14.0 Å². The molecule has 144 valence electrons. The molecular formula is C23H16ClFN2O2. The van der Waals surface area contributed by atoms with E-state index in [1.807, 2.05) is 24.3 Å². The first-order valence-electron chi connectivity index (χ1n) is 8.96. The third kappa shape index (κ3) is 3.77. The number of fused-ring (bicyclic) bond motifs is 1. The van der Waals surface area contributed by atoms with Gasteiger partial charge in [0, 0.05) is 28.8 Å². The summed E-state index contributed by atoms with van der Waals surface area (Å²) in [5.41, 5.74) is 2.92. The Balaban J connectivity index is 1.69. The Morgan fingerprint density at radius 3 is 2.45 bits per heavy atom. The number of carbonyl (C=O) groups is 2. The Hall–Kier alpha value is -3.44. The van der Waals surface area contributed by atoms with Crippen LogP contribution in [-0.2, 0) is 11.3 Å². The molecule has 0 saturated carbocycles. The van der Waals surface area contributed by atoms with Gasteiger partial charge in [-0.25, -0.2) is 4.39 Å². The number of hydrogen-bond acceptors (Lipinski definition) is 2. The molecule has 1 amide bonds. The highest BCUT2D eigenvalue weighted by Gasteiger charge is 2.24. The summed E-state index contributed by atoms with van der Waals surface area (Å²) in [6, 6.07) is 20.2. The molecule has 4 nitrogen and oxygen atoms in total. The number of hydrogen-bond donors (Lipinski definition) is 1. The van der Waals surface area contributed by atoms with Gasteiger partial charge in [-0.05, 0) is 47.5 Å². The number of nitrogens with one attached hydrogen (secondary N) is 1. The molecule has 0 spiro atoms. The SMILES string of the molecule is O=C(NCc1ccccc1Cl)C(=O)c1c(-c2ccc(F)cc2)cc2ccccn12. The van der Waals surface area contributed by atoms with Crippen molar-refractivity contribution in [3.05, 3.63) is 101 Å². The molecular weight excluding hydrogens is 391 g/mol. The quantitative estimate of drug-likeness (QED) is 0.378. The van der Waals surface area contributed by atoms with Crippen molar-refractivity contribution >= 4 is 28.8 Å². The van der Waals surface area contributed by atoms with Crippen molar-refractivity contribution in [1.29, 1.82) is 0 Å². The molecule has 0 saturated heterocycles. The lowest BCUT2D eigenvalue weighted by atomic mass is 10.0. The van der Waals surface area contributed by atoms with Crippen LogP contribution < -0.4 is 5.32 Å². The third-order valence-electron chi connectivity index (χ3n) is 4.65. The first-order chi connectivity index (χ1) is 14.0. The molecule has 29 heavy (non-hydrogen) atoms. The summed E-state index contributed by atoms with van der Waals surface area (Å²) >= 11 is 6.11. The minimum Gasteiger partial charge on any atom is -0.345 e. The van der Waals surface area contributed by atoms with E-state index in [0.717, 1.165) is 5.52 Å². The van der Waals surface area contributed by atoms with Crippen LogP contribution >= 0.6 is 11.6 Å². The van der Waals surface area contributed by atoms with Gasteiger partial charge >= 0.3 is 0 Å². The van der Waals surface area contributed by atoms with Crippen molar-refractivity contribution in [3.8, 4) is 11.1 Å². The first-order valence-corrected chi connectivity index (χ1v) is 9.34. The number of nitrogens with zero attached hydrogens (tertiary/aromatic N) is 1. The van der Waals surface area contributed by atoms with Gasteiger partial charge in [0.05, 0.1) is 0 Å². The average molecular weight is 407 g/mol. The van der Waals surface area contributed by atoms with Crippen LogP contribution in [-0.4, -0.2) is 16.1 Å². The second kappa shape index (κ2) is 7.89. The van der Waals surface area contributed by atoms with Crippen LogP contribution in [0.25, 0.3) is 16.6 Å². The zero-order valence-electron chi connectivity index (χ0n) is 15.2. The summed E-state index contributed by atoms with van der Waals surface area (Å²) in [5.74, 6) is -1.79. The second-order valence-electron chi connectivity index (χ2n) is 6.51. The molecule has 1 N–H and O–H groups in total. The Bertz CT molecular complexity index is 1220. The van der Waals surface area contributed by atoms with Crippen LogP contribution in [0.3, 0.4) is 0 Å². The molecule has 0 aliphatic heterocycles. The van der Waals surface area contributed by atoms with E-state index in [9.17, 15) is 14.0 Å². The Morgan fingerprint density at radius 1 is 0.966 bits per heavy atom. The molecule has 4 rings (SSSR count). The number of rotatable bonds is 5. The number of ketones is 1. The fraction of sp³-hybridized carbons (Fsp3) is 0.0435. The lowest BCUT2D eigenvalue weighted by Gasteiger charge is -2.09. The van der Waals surface area contributed by atoms with Crippen LogP contribution in [0.4, 0.5) is 4.39 Å². The fourth-order valence-electron chi connectivity index (χ4n) is 3.21. The first kappa shape index (κ1) is 18.9. The van der Waals surface area contributed by atoms with E-state index in [4.69, 9.17) is 11.6 Å². The molecule has 0 aliphatic rings. The van der Waals surface area contributed by atoms with Crippen LogP contribution in [0.2, 0.25) is 5.02 Å². The second-order valence-corrected chi connectivity index (χ2v) is 6.92. The lowest BCUT2D eigenvalue weighted by Crippen LogP contribution is -2.31. The summed E-state index contributed by atoms with van der Waals surface area (Å²) in [7, 11) is 0. The van der Waals surface area contributed by atoms with Gasteiger partial charge in [0.2, 0.25) is 0 Å². The summed E-state index contributed by atoms with van der Waals surface area (Å²) in [6.07, 6.45) is 1.72. The normalized spacial score (nSPS) is 10.8.